The molecule has 9 nitrogen and oxygen atoms in total. The van der Waals surface area contributed by atoms with Crippen LogP contribution in [-0.2, 0) is 24.4 Å². The number of aryl methyl sites for hydroxylation is 1. The Morgan fingerprint density at radius 3 is 2.30 bits per heavy atom. The third-order valence-corrected chi connectivity index (χ3v) is 3.81. The largest absolute Gasteiger partial charge is 0.444 e. The van der Waals surface area contributed by atoms with Gasteiger partial charge in [-0.05, 0) is 38.8 Å². The predicted octanol–water partition coefficient (Wildman–Crippen LogP) is 3.23. The first kappa shape index (κ1) is 25.7. The Morgan fingerprint density at radius 2 is 1.77 bits per heavy atom. The molecule has 2 rings (SSSR count). The SMILES string of the molecule is CN=C(NCc1ccc(CN(C)C(=O)OC(C)(C)C)cc1)NCc1nc(C)no1.I. The van der Waals surface area contributed by atoms with Crippen LogP contribution in [0.5, 0.6) is 0 Å². The zero-order valence-electron chi connectivity index (χ0n) is 18.4. The van der Waals surface area contributed by atoms with Gasteiger partial charge in [-0.3, -0.25) is 4.99 Å². The van der Waals surface area contributed by atoms with E-state index in [0.29, 0.717) is 37.3 Å². The maximum absolute atomic E-state index is 12.1. The van der Waals surface area contributed by atoms with E-state index >= 15 is 0 Å². The number of rotatable bonds is 6. The Hall–Kier alpha value is -2.37. The summed E-state index contributed by atoms with van der Waals surface area (Å²) < 4.78 is 10.4. The van der Waals surface area contributed by atoms with Crippen LogP contribution in [0.4, 0.5) is 4.79 Å². The molecule has 0 saturated carbocycles. The minimum atomic E-state index is -0.504. The first-order chi connectivity index (χ1) is 13.7. The first-order valence-corrected chi connectivity index (χ1v) is 9.42. The molecule has 166 valence electrons. The molecule has 1 aromatic heterocycles. The summed E-state index contributed by atoms with van der Waals surface area (Å²) >= 11 is 0. The molecule has 0 aliphatic heterocycles. The molecule has 0 fully saturated rings. The van der Waals surface area contributed by atoms with Crippen LogP contribution in [0.3, 0.4) is 0 Å². The molecular weight excluding hydrogens is 499 g/mol. The molecule has 10 heteroatoms. The van der Waals surface area contributed by atoms with Crippen molar-refractivity contribution < 1.29 is 14.1 Å². The van der Waals surface area contributed by atoms with Crippen molar-refractivity contribution in [1.82, 2.24) is 25.7 Å². The summed E-state index contributed by atoms with van der Waals surface area (Å²) in [6, 6.07) is 8.02. The van der Waals surface area contributed by atoms with Crippen LogP contribution < -0.4 is 10.6 Å². The second kappa shape index (κ2) is 11.7. The maximum Gasteiger partial charge on any atom is 0.410 e. The average Bonchev–Trinajstić information content (AvgIpc) is 3.07. The summed E-state index contributed by atoms with van der Waals surface area (Å²) in [7, 11) is 3.42. The lowest BCUT2D eigenvalue weighted by Crippen LogP contribution is -2.36. The zero-order valence-corrected chi connectivity index (χ0v) is 20.7. The molecule has 30 heavy (non-hydrogen) atoms. The molecule has 0 spiro atoms. The molecule has 0 aliphatic carbocycles. The number of aliphatic imine (C=N–C) groups is 1. The number of amides is 1. The molecule has 0 aliphatic rings. The summed E-state index contributed by atoms with van der Waals surface area (Å²) in [6.07, 6.45) is -0.338. The maximum atomic E-state index is 12.1. The lowest BCUT2D eigenvalue weighted by atomic mass is 10.1. The molecule has 0 atom stereocenters. The molecule has 1 heterocycles. The molecule has 0 radical (unpaired) electrons. The van der Waals surface area contributed by atoms with Gasteiger partial charge in [0.05, 0.1) is 6.54 Å². The second-order valence-corrected chi connectivity index (χ2v) is 7.67. The van der Waals surface area contributed by atoms with Gasteiger partial charge < -0.3 is 24.8 Å². The number of guanidine groups is 1. The Kier molecular flexibility index (Phi) is 10.0. The van der Waals surface area contributed by atoms with Gasteiger partial charge in [-0.15, -0.1) is 24.0 Å². The number of carbonyl (C=O) groups is 1. The highest BCUT2D eigenvalue weighted by molar-refractivity contribution is 14.0. The second-order valence-electron chi connectivity index (χ2n) is 7.67. The van der Waals surface area contributed by atoms with Crippen molar-refractivity contribution in [3.8, 4) is 0 Å². The zero-order chi connectivity index (χ0) is 21.4. The molecule has 1 aromatic carbocycles. The Labute approximate surface area is 194 Å². The van der Waals surface area contributed by atoms with Gasteiger partial charge in [0.1, 0.15) is 5.60 Å². The first-order valence-electron chi connectivity index (χ1n) is 9.42. The predicted molar refractivity (Wildman–Crippen MR) is 126 cm³/mol. The third-order valence-electron chi connectivity index (χ3n) is 3.81. The topological polar surface area (TPSA) is 105 Å². The van der Waals surface area contributed by atoms with Gasteiger partial charge in [-0.1, -0.05) is 29.4 Å². The Bertz CT molecular complexity index is 830. The van der Waals surface area contributed by atoms with E-state index < -0.39 is 5.60 Å². The van der Waals surface area contributed by atoms with Gasteiger partial charge in [-0.25, -0.2) is 4.79 Å². The summed E-state index contributed by atoms with van der Waals surface area (Å²) in [5.41, 5.74) is 1.61. The van der Waals surface area contributed by atoms with E-state index in [1.807, 2.05) is 45.0 Å². The number of carbonyl (C=O) groups excluding carboxylic acids is 1. The normalized spacial score (nSPS) is 11.5. The van der Waals surface area contributed by atoms with Crippen molar-refractivity contribution in [2.75, 3.05) is 14.1 Å². The van der Waals surface area contributed by atoms with Gasteiger partial charge >= 0.3 is 6.09 Å². The lowest BCUT2D eigenvalue weighted by Gasteiger charge is -2.24. The molecule has 2 aromatic rings. The summed E-state index contributed by atoms with van der Waals surface area (Å²) in [6.45, 7) is 8.82. The number of nitrogens with zero attached hydrogens (tertiary/aromatic N) is 4. The van der Waals surface area contributed by atoms with Gasteiger partial charge in [0.25, 0.3) is 0 Å². The van der Waals surface area contributed by atoms with Crippen LogP contribution in [0.2, 0.25) is 0 Å². The Balaban J connectivity index is 0.00000450. The van der Waals surface area contributed by atoms with Crippen molar-refractivity contribution in [2.45, 2.75) is 52.9 Å². The smallest absolute Gasteiger partial charge is 0.410 e. The Morgan fingerprint density at radius 1 is 1.17 bits per heavy atom. The van der Waals surface area contributed by atoms with Crippen molar-refractivity contribution >= 4 is 36.0 Å². The van der Waals surface area contributed by atoms with E-state index in [1.54, 1.807) is 25.9 Å². The average molecular weight is 530 g/mol. The molecule has 1 amide bonds. The van der Waals surface area contributed by atoms with Crippen molar-refractivity contribution in [2.24, 2.45) is 4.99 Å². The fraction of sp³-hybridized carbons (Fsp3) is 0.500. The number of nitrogens with one attached hydrogen (secondary N) is 2. The van der Waals surface area contributed by atoms with Crippen LogP contribution >= 0.6 is 24.0 Å². The van der Waals surface area contributed by atoms with Crippen LogP contribution in [-0.4, -0.2) is 46.8 Å². The van der Waals surface area contributed by atoms with E-state index in [0.717, 1.165) is 11.1 Å². The highest BCUT2D eigenvalue weighted by Crippen LogP contribution is 2.12. The highest BCUT2D eigenvalue weighted by Gasteiger charge is 2.19. The van der Waals surface area contributed by atoms with E-state index in [9.17, 15) is 4.79 Å². The van der Waals surface area contributed by atoms with E-state index in [4.69, 9.17) is 9.26 Å². The van der Waals surface area contributed by atoms with E-state index in [-0.39, 0.29) is 30.1 Å². The van der Waals surface area contributed by atoms with Crippen LogP contribution in [0.15, 0.2) is 33.8 Å². The number of benzene rings is 1. The number of aromatic nitrogens is 2. The molecular formula is C20H31IN6O3. The monoisotopic (exact) mass is 530 g/mol. The number of hydrogen-bond donors (Lipinski definition) is 2. The minimum absolute atomic E-state index is 0. The minimum Gasteiger partial charge on any atom is -0.444 e. The van der Waals surface area contributed by atoms with Crippen molar-refractivity contribution in [3.63, 3.8) is 0 Å². The lowest BCUT2D eigenvalue weighted by molar-refractivity contribution is 0.0285. The number of ether oxygens (including phenoxy) is 1. The van der Waals surface area contributed by atoms with Crippen molar-refractivity contribution in [1.29, 1.82) is 0 Å². The fourth-order valence-electron chi connectivity index (χ4n) is 2.42. The van der Waals surface area contributed by atoms with Crippen LogP contribution in [0, 0.1) is 6.92 Å². The van der Waals surface area contributed by atoms with Gasteiger partial charge in [-0.2, -0.15) is 4.98 Å². The van der Waals surface area contributed by atoms with Crippen LogP contribution in [0.25, 0.3) is 0 Å². The summed E-state index contributed by atoms with van der Waals surface area (Å²) in [4.78, 5) is 21.9. The molecule has 2 N–H and O–H groups in total. The standard InChI is InChI=1S/C20H30N6O3.HI/c1-14-24-17(29-25-14)12-23-18(21-5)22-11-15-7-9-16(10-8-15)13-26(6)19(27)28-20(2,3)4;/h7-10H,11-13H2,1-6H3,(H2,21,22,23);1H. The molecule has 0 saturated heterocycles. The summed E-state index contributed by atoms with van der Waals surface area (Å²) in [5.74, 6) is 1.74. The van der Waals surface area contributed by atoms with E-state index in [2.05, 4.69) is 25.8 Å². The van der Waals surface area contributed by atoms with Gasteiger partial charge in [0, 0.05) is 27.2 Å². The molecule has 0 bridgehead atoms. The molecule has 0 unspecified atom stereocenters. The third kappa shape index (κ3) is 8.97. The quantitative estimate of drug-likeness (QED) is 0.336. The highest BCUT2D eigenvalue weighted by atomic mass is 127. The summed E-state index contributed by atoms with van der Waals surface area (Å²) in [5, 5.41) is 10.1. The van der Waals surface area contributed by atoms with Crippen LogP contribution in [0.1, 0.15) is 43.6 Å². The van der Waals surface area contributed by atoms with Gasteiger partial charge in [0.2, 0.25) is 5.89 Å². The van der Waals surface area contributed by atoms with E-state index in [1.165, 1.54) is 0 Å². The van der Waals surface area contributed by atoms with Gasteiger partial charge in [0.15, 0.2) is 11.8 Å². The number of halogens is 1. The van der Waals surface area contributed by atoms with Crippen molar-refractivity contribution in [3.05, 3.63) is 47.1 Å². The fourth-order valence-corrected chi connectivity index (χ4v) is 2.42. The number of hydrogen-bond acceptors (Lipinski definition) is 6.